The second kappa shape index (κ2) is 6.80. The molecule has 2 rings (SSSR count). The standard InChI is InChI=1S/C16H24O3/c1-3-7-18-15-6-5-12(13-9-14(17)10-13)11-16(15)19-8-4-2/h5-6,11,13-14,17H,3-4,7-10H2,1-2H3. The largest absolute Gasteiger partial charge is 0.490 e. The van der Waals surface area contributed by atoms with Gasteiger partial charge >= 0.3 is 0 Å². The third-order valence-electron chi connectivity index (χ3n) is 3.48. The molecule has 1 aliphatic carbocycles. The number of aliphatic hydroxyl groups excluding tert-OH is 1. The molecule has 0 spiro atoms. The number of aliphatic hydroxyl groups is 1. The average molecular weight is 264 g/mol. The van der Waals surface area contributed by atoms with Crippen LogP contribution in [0.5, 0.6) is 11.5 Å². The van der Waals surface area contributed by atoms with Gasteiger partial charge in [-0.25, -0.2) is 0 Å². The van der Waals surface area contributed by atoms with Crippen LogP contribution < -0.4 is 9.47 Å². The van der Waals surface area contributed by atoms with Gasteiger partial charge in [-0.1, -0.05) is 19.9 Å². The van der Waals surface area contributed by atoms with E-state index in [4.69, 9.17) is 9.47 Å². The molecule has 1 fully saturated rings. The molecule has 106 valence electrons. The summed E-state index contributed by atoms with van der Waals surface area (Å²) in [6.45, 7) is 5.61. The summed E-state index contributed by atoms with van der Waals surface area (Å²) < 4.78 is 11.5. The van der Waals surface area contributed by atoms with Gasteiger partial charge in [-0.2, -0.15) is 0 Å². The van der Waals surface area contributed by atoms with E-state index in [1.54, 1.807) is 0 Å². The summed E-state index contributed by atoms with van der Waals surface area (Å²) in [5.41, 5.74) is 1.25. The molecule has 3 heteroatoms. The van der Waals surface area contributed by atoms with Gasteiger partial charge < -0.3 is 14.6 Å². The molecular weight excluding hydrogens is 240 g/mol. The zero-order valence-electron chi connectivity index (χ0n) is 11.9. The Bertz CT molecular complexity index is 397. The van der Waals surface area contributed by atoms with E-state index >= 15 is 0 Å². The first kappa shape index (κ1) is 14.2. The number of hydrogen-bond donors (Lipinski definition) is 1. The summed E-state index contributed by atoms with van der Waals surface area (Å²) in [6, 6.07) is 6.18. The molecule has 0 heterocycles. The van der Waals surface area contributed by atoms with Crippen LogP contribution in [0.4, 0.5) is 0 Å². The molecule has 0 saturated heterocycles. The van der Waals surface area contributed by atoms with Crippen LogP contribution in [-0.2, 0) is 0 Å². The van der Waals surface area contributed by atoms with Gasteiger partial charge in [-0.15, -0.1) is 0 Å². The summed E-state index contributed by atoms with van der Waals surface area (Å²) in [4.78, 5) is 0. The molecule has 1 aromatic carbocycles. The van der Waals surface area contributed by atoms with Crippen molar-refractivity contribution in [2.24, 2.45) is 0 Å². The van der Waals surface area contributed by atoms with Gasteiger partial charge in [0.1, 0.15) is 0 Å². The molecule has 1 aromatic rings. The lowest BCUT2D eigenvalue weighted by atomic mass is 9.77. The summed E-state index contributed by atoms with van der Waals surface area (Å²) in [5.74, 6) is 2.15. The van der Waals surface area contributed by atoms with Gasteiger partial charge in [0.15, 0.2) is 11.5 Å². The summed E-state index contributed by atoms with van der Waals surface area (Å²) in [7, 11) is 0. The second-order valence-electron chi connectivity index (χ2n) is 5.23. The van der Waals surface area contributed by atoms with Gasteiger partial charge in [0.25, 0.3) is 0 Å². The van der Waals surface area contributed by atoms with Gasteiger partial charge in [-0.05, 0) is 49.3 Å². The molecule has 0 bridgehead atoms. The van der Waals surface area contributed by atoms with Crippen LogP contribution >= 0.6 is 0 Å². The predicted octanol–water partition coefficient (Wildman–Crippen LogP) is 3.50. The molecular formula is C16H24O3. The minimum atomic E-state index is -0.124. The highest BCUT2D eigenvalue weighted by Gasteiger charge is 2.29. The van der Waals surface area contributed by atoms with Crippen molar-refractivity contribution in [3.8, 4) is 11.5 Å². The molecule has 0 atom stereocenters. The Hall–Kier alpha value is -1.22. The fourth-order valence-corrected chi connectivity index (χ4v) is 2.29. The molecule has 1 aliphatic rings. The van der Waals surface area contributed by atoms with E-state index in [0.29, 0.717) is 19.1 Å². The van der Waals surface area contributed by atoms with Crippen molar-refractivity contribution in [3.05, 3.63) is 23.8 Å². The Kier molecular flexibility index (Phi) is 5.08. The highest BCUT2D eigenvalue weighted by atomic mass is 16.5. The highest BCUT2D eigenvalue weighted by molar-refractivity contribution is 5.44. The van der Waals surface area contributed by atoms with Crippen LogP contribution in [-0.4, -0.2) is 24.4 Å². The number of hydrogen-bond acceptors (Lipinski definition) is 3. The van der Waals surface area contributed by atoms with E-state index in [0.717, 1.165) is 37.2 Å². The van der Waals surface area contributed by atoms with Crippen LogP contribution in [0.25, 0.3) is 0 Å². The van der Waals surface area contributed by atoms with Crippen molar-refractivity contribution in [2.75, 3.05) is 13.2 Å². The maximum absolute atomic E-state index is 9.41. The van der Waals surface area contributed by atoms with Crippen LogP contribution in [0.1, 0.15) is 51.0 Å². The van der Waals surface area contributed by atoms with Gasteiger partial charge in [0.2, 0.25) is 0 Å². The summed E-state index contributed by atoms with van der Waals surface area (Å²) >= 11 is 0. The van der Waals surface area contributed by atoms with Crippen LogP contribution in [0.2, 0.25) is 0 Å². The Balaban J connectivity index is 2.10. The van der Waals surface area contributed by atoms with Gasteiger partial charge in [0.05, 0.1) is 19.3 Å². The lowest BCUT2D eigenvalue weighted by molar-refractivity contribution is 0.0745. The lowest BCUT2D eigenvalue weighted by Gasteiger charge is -2.32. The molecule has 19 heavy (non-hydrogen) atoms. The number of rotatable bonds is 7. The van der Waals surface area contributed by atoms with E-state index in [1.807, 2.05) is 6.07 Å². The molecule has 0 unspecified atom stereocenters. The monoisotopic (exact) mass is 264 g/mol. The van der Waals surface area contributed by atoms with E-state index in [2.05, 4.69) is 26.0 Å². The minimum absolute atomic E-state index is 0.124. The molecule has 3 nitrogen and oxygen atoms in total. The van der Waals surface area contributed by atoms with E-state index in [1.165, 1.54) is 5.56 Å². The van der Waals surface area contributed by atoms with Crippen LogP contribution in [0.15, 0.2) is 18.2 Å². The van der Waals surface area contributed by atoms with Crippen LogP contribution in [0.3, 0.4) is 0 Å². The molecule has 0 aliphatic heterocycles. The minimum Gasteiger partial charge on any atom is -0.490 e. The fraction of sp³-hybridized carbons (Fsp3) is 0.625. The van der Waals surface area contributed by atoms with Gasteiger partial charge in [0, 0.05) is 0 Å². The average Bonchev–Trinajstić information content (AvgIpc) is 2.40. The third-order valence-corrected chi connectivity index (χ3v) is 3.48. The SMILES string of the molecule is CCCOc1ccc(C2CC(O)C2)cc1OCCC. The first-order valence-corrected chi connectivity index (χ1v) is 7.32. The van der Waals surface area contributed by atoms with Crippen LogP contribution in [0, 0.1) is 0 Å². The number of ether oxygens (including phenoxy) is 2. The third kappa shape index (κ3) is 3.63. The predicted molar refractivity (Wildman–Crippen MR) is 76.0 cm³/mol. The Labute approximate surface area is 115 Å². The fourth-order valence-electron chi connectivity index (χ4n) is 2.29. The van der Waals surface area contributed by atoms with Crippen molar-refractivity contribution in [1.29, 1.82) is 0 Å². The topological polar surface area (TPSA) is 38.7 Å². The Morgan fingerprint density at radius 2 is 1.68 bits per heavy atom. The first-order chi connectivity index (χ1) is 9.24. The van der Waals surface area contributed by atoms with Crippen molar-refractivity contribution < 1.29 is 14.6 Å². The Morgan fingerprint density at radius 1 is 1.05 bits per heavy atom. The summed E-state index contributed by atoms with van der Waals surface area (Å²) in [5, 5.41) is 9.41. The summed E-state index contributed by atoms with van der Waals surface area (Å²) in [6.07, 6.45) is 3.58. The molecule has 1 saturated carbocycles. The van der Waals surface area contributed by atoms with E-state index in [-0.39, 0.29) is 6.10 Å². The first-order valence-electron chi connectivity index (χ1n) is 7.32. The zero-order chi connectivity index (χ0) is 13.7. The zero-order valence-corrected chi connectivity index (χ0v) is 11.9. The second-order valence-corrected chi connectivity index (χ2v) is 5.23. The smallest absolute Gasteiger partial charge is 0.161 e. The maximum atomic E-state index is 9.41. The molecule has 1 N–H and O–H groups in total. The molecule has 0 amide bonds. The quantitative estimate of drug-likeness (QED) is 0.819. The van der Waals surface area contributed by atoms with Gasteiger partial charge in [-0.3, -0.25) is 0 Å². The van der Waals surface area contributed by atoms with Crippen molar-refractivity contribution in [3.63, 3.8) is 0 Å². The molecule has 0 radical (unpaired) electrons. The maximum Gasteiger partial charge on any atom is 0.161 e. The number of benzene rings is 1. The van der Waals surface area contributed by atoms with Crippen molar-refractivity contribution in [1.82, 2.24) is 0 Å². The highest BCUT2D eigenvalue weighted by Crippen LogP contribution is 2.40. The van der Waals surface area contributed by atoms with Crippen molar-refractivity contribution in [2.45, 2.75) is 51.6 Å². The Morgan fingerprint density at radius 3 is 2.26 bits per heavy atom. The van der Waals surface area contributed by atoms with E-state index < -0.39 is 0 Å². The van der Waals surface area contributed by atoms with Crippen molar-refractivity contribution >= 4 is 0 Å². The van der Waals surface area contributed by atoms with E-state index in [9.17, 15) is 5.11 Å². The lowest BCUT2D eigenvalue weighted by Crippen LogP contribution is -2.26. The molecule has 0 aromatic heterocycles. The normalized spacial score (nSPS) is 21.8.